The second-order valence-electron chi connectivity index (χ2n) is 6.25. The van der Waals surface area contributed by atoms with Crippen molar-refractivity contribution in [3.05, 3.63) is 29.8 Å². The maximum atomic E-state index is 12.1. The molecule has 2 rings (SSSR count). The van der Waals surface area contributed by atoms with Gasteiger partial charge in [-0.3, -0.25) is 4.79 Å². The first kappa shape index (κ1) is 16.9. The molecule has 7 heteroatoms. The van der Waals surface area contributed by atoms with Crippen LogP contribution in [0, 0.1) is 5.92 Å². The minimum atomic E-state index is -3.48. The van der Waals surface area contributed by atoms with E-state index in [4.69, 9.17) is 0 Å². The first-order chi connectivity index (χ1) is 10.1. The van der Waals surface area contributed by atoms with Gasteiger partial charge < -0.3 is 10.4 Å². The van der Waals surface area contributed by atoms with Crippen molar-refractivity contribution in [2.45, 2.75) is 36.8 Å². The number of carbonyl (C=O) groups is 1. The Morgan fingerprint density at radius 2 is 2.05 bits per heavy atom. The van der Waals surface area contributed by atoms with Crippen LogP contribution in [0.5, 0.6) is 0 Å². The zero-order valence-corrected chi connectivity index (χ0v) is 13.9. The smallest absolute Gasteiger partial charge is 0.242 e. The average Bonchev–Trinajstić information content (AvgIpc) is 2.42. The van der Waals surface area contributed by atoms with Crippen molar-refractivity contribution in [2.24, 2.45) is 5.92 Å². The van der Waals surface area contributed by atoms with Gasteiger partial charge in [0.1, 0.15) is 0 Å². The Labute approximate surface area is 131 Å². The molecular formula is C15H22N2O4S. The molecular weight excluding hydrogens is 304 g/mol. The Kier molecular flexibility index (Phi) is 4.60. The lowest BCUT2D eigenvalue weighted by atomic mass is 9.72. The number of hydrogen-bond acceptors (Lipinski definition) is 4. The summed E-state index contributed by atoms with van der Waals surface area (Å²) in [5.41, 5.74) is -0.0100. The Morgan fingerprint density at radius 3 is 2.59 bits per heavy atom. The van der Waals surface area contributed by atoms with Gasteiger partial charge in [0.2, 0.25) is 15.9 Å². The van der Waals surface area contributed by atoms with Crippen molar-refractivity contribution in [3.8, 4) is 0 Å². The van der Waals surface area contributed by atoms with Crippen LogP contribution < -0.4 is 5.32 Å². The molecule has 122 valence electrons. The van der Waals surface area contributed by atoms with E-state index >= 15 is 0 Å². The molecule has 0 atom stereocenters. The molecule has 0 unspecified atom stereocenters. The number of nitrogens with zero attached hydrogens (tertiary/aromatic N) is 1. The summed E-state index contributed by atoms with van der Waals surface area (Å²) in [5.74, 6) is -0.268. The maximum Gasteiger partial charge on any atom is 0.242 e. The zero-order chi connectivity index (χ0) is 16.5. The Morgan fingerprint density at radius 1 is 1.41 bits per heavy atom. The van der Waals surface area contributed by atoms with Crippen molar-refractivity contribution in [1.29, 1.82) is 0 Å². The van der Waals surface area contributed by atoms with E-state index in [1.54, 1.807) is 25.1 Å². The molecule has 1 aromatic rings. The topological polar surface area (TPSA) is 86.7 Å². The molecule has 0 aromatic heterocycles. The maximum absolute atomic E-state index is 12.1. The van der Waals surface area contributed by atoms with Gasteiger partial charge in [0.15, 0.2) is 0 Å². The van der Waals surface area contributed by atoms with Crippen LogP contribution >= 0.6 is 0 Å². The number of rotatable bonds is 5. The fourth-order valence-electron chi connectivity index (χ4n) is 2.55. The highest BCUT2D eigenvalue weighted by Crippen LogP contribution is 2.37. The lowest BCUT2D eigenvalue weighted by molar-refractivity contribution is -0.139. The Hall–Kier alpha value is -1.44. The third kappa shape index (κ3) is 3.66. The second kappa shape index (κ2) is 5.98. The molecule has 1 amide bonds. The van der Waals surface area contributed by atoms with Gasteiger partial charge in [0, 0.05) is 26.6 Å². The number of sulfonamides is 1. The number of hydrogen-bond donors (Lipinski definition) is 2. The van der Waals surface area contributed by atoms with E-state index in [0.29, 0.717) is 12.8 Å². The third-order valence-electron chi connectivity index (χ3n) is 3.89. The highest BCUT2D eigenvalue weighted by Gasteiger charge is 2.42. The number of benzene rings is 1. The quantitative estimate of drug-likeness (QED) is 0.834. The lowest BCUT2D eigenvalue weighted by Crippen LogP contribution is -2.48. The predicted octanol–water partition coefficient (Wildman–Crippen LogP) is 0.714. The highest BCUT2D eigenvalue weighted by molar-refractivity contribution is 7.89. The van der Waals surface area contributed by atoms with Gasteiger partial charge in [0.25, 0.3) is 0 Å². The predicted molar refractivity (Wildman–Crippen MR) is 82.5 cm³/mol. The summed E-state index contributed by atoms with van der Waals surface area (Å²) < 4.78 is 25.3. The molecule has 0 saturated heterocycles. The van der Waals surface area contributed by atoms with Crippen molar-refractivity contribution < 1.29 is 18.3 Å². The van der Waals surface area contributed by atoms with E-state index in [0.717, 1.165) is 9.87 Å². The van der Waals surface area contributed by atoms with Crippen molar-refractivity contribution in [3.63, 3.8) is 0 Å². The second-order valence-corrected chi connectivity index (χ2v) is 8.41. The minimum Gasteiger partial charge on any atom is -0.390 e. The van der Waals surface area contributed by atoms with E-state index in [1.807, 2.05) is 0 Å². The van der Waals surface area contributed by atoms with Crippen LogP contribution in [0.2, 0.25) is 0 Å². The summed E-state index contributed by atoms with van der Waals surface area (Å²) in [6.07, 6.45) is 0.932. The minimum absolute atomic E-state index is 0.104. The molecule has 1 saturated carbocycles. The van der Waals surface area contributed by atoms with E-state index < -0.39 is 15.6 Å². The van der Waals surface area contributed by atoms with E-state index in [9.17, 15) is 18.3 Å². The standard InChI is InChI=1S/C15H22N2O4S/c1-15(19)8-12(9-15)14(18)16-10-11-5-4-6-13(7-11)22(20,21)17(2)3/h4-7,12,19H,8-10H2,1-3H3,(H,16,18). The molecule has 6 nitrogen and oxygen atoms in total. The van der Waals surface area contributed by atoms with Crippen molar-refractivity contribution >= 4 is 15.9 Å². The molecule has 1 aliphatic rings. The van der Waals surface area contributed by atoms with Crippen LogP contribution in [0.25, 0.3) is 0 Å². The molecule has 22 heavy (non-hydrogen) atoms. The SMILES string of the molecule is CN(C)S(=O)(=O)c1cccc(CNC(=O)C2CC(C)(O)C2)c1. The molecule has 1 fully saturated rings. The molecule has 0 aliphatic heterocycles. The fourth-order valence-corrected chi connectivity index (χ4v) is 3.52. The van der Waals surface area contributed by atoms with Crippen molar-refractivity contribution in [2.75, 3.05) is 14.1 Å². The normalized spacial score (nSPS) is 24.9. The van der Waals surface area contributed by atoms with E-state index in [-0.39, 0.29) is 23.3 Å². The largest absolute Gasteiger partial charge is 0.390 e. The van der Waals surface area contributed by atoms with Crippen LogP contribution in [0.1, 0.15) is 25.3 Å². The van der Waals surface area contributed by atoms with Crippen molar-refractivity contribution in [1.82, 2.24) is 9.62 Å². The number of carbonyl (C=O) groups excluding carboxylic acids is 1. The van der Waals surface area contributed by atoms with Gasteiger partial charge in [0.05, 0.1) is 10.5 Å². The molecule has 0 radical (unpaired) electrons. The average molecular weight is 326 g/mol. The molecule has 2 N–H and O–H groups in total. The summed E-state index contributed by atoms with van der Waals surface area (Å²) >= 11 is 0. The Balaban J connectivity index is 1.99. The summed E-state index contributed by atoms with van der Waals surface area (Å²) in [5, 5.41) is 12.4. The van der Waals surface area contributed by atoms with Gasteiger partial charge in [-0.05, 0) is 37.5 Å². The highest BCUT2D eigenvalue weighted by atomic mass is 32.2. The van der Waals surface area contributed by atoms with Gasteiger partial charge >= 0.3 is 0 Å². The monoisotopic (exact) mass is 326 g/mol. The molecule has 0 heterocycles. The van der Waals surface area contributed by atoms with Crippen LogP contribution in [0.3, 0.4) is 0 Å². The lowest BCUT2D eigenvalue weighted by Gasteiger charge is -2.39. The molecule has 1 aromatic carbocycles. The Bertz CT molecular complexity index is 660. The summed E-state index contributed by atoms with van der Waals surface area (Å²) in [7, 11) is -0.519. The van der Waals surface area contributed by atoms with Gasteiger partial charge in [-0.25, -0.2) is 12.7 Å². The molecule has 0 spiro atoms. The number of amides is 1. The van der Waals surface area contributed by atoms with Gasteiger partial charge in [-0.1, -0.05) is 12.1 Å². The van der Waals surface area contributed by atoms with Crippen LogP contribution in [-0.2, 0) is 21.4 Å². The third-order valence-corrected chi connectivity index (χ3v) is 5.70. The first-order valence-corrected chi connectivity index (χ1v) is 8.57. The van der Waals surface area contributed by atoms with Crippen LogP contribution in [0.4, 0.5) is 0 Å². The number of aliphatic hydroxyl groups is 1. The van der Waals surface area contributed by atoms with Crippen LogP contribution in [0.15, 0.2) is 29.2 Å². The van der Waals surface area contributed by atoms with Gasteiger partial charge in [-0.2, -0.15) is 0 Å². The van der Waals surface area contributed by atoms with Crippen LogP contribution in [-0.4, -0.2) is 43.4 Å². The molecule has 1 aliphatic carbocycles. The summed E-state index contributed by atoms with van der Waals surface area (Å²) in [6, 6.07) is 6.52. The fraction of sp³-hybridized carbons (Fsp3) is 0.533. The summed E-state index contributed by atoms with van der Waals surface area (Å²) in [4.78, 5) is 12.1. The van der Waals surface area contributed by atoms with E-state index in [1.165, 1.54) is 20.2 Å². The van der Waals surface area contributed by atoms with Gasteiger partial charge in [-0.15, -0.1) is 0 Å². The molecule has 0 bridgehead atoms. The summed E-state index contributed by atoms with van der Waals surface area (Å²) in [6.45, 7) is 1.99. The number of nitrogens with one attached hydrogen (secondary N) is 1. The zero-order valence-electron chi connectivity index (χ0n) is 13.0. The first-order valence-electron chi connectivity index (χ1n) is 7.13. The van der Waals surface area contributed by atoms with E-state index in [2.05, 4.69) is 5.32 Å².